The fraction of sp³-hybridized carbons (Fsp3) is 0.208. The van der Waals surface area contributed by atoms with Crippen molar-refractivity contribution in [2.75, 3.05) is 19.4 Å². The summed E-state index contributed by atoms with van der Waals surface area (Å²) in [6, 6.07) is 21.6. The van der Waals surface area contributed by atoms with Crippen LogP contribution in [0, 0.1) is 11.3 Å². The molecule has 150 valence electrons. The Bertz CT molecular complexity index is 1110. The quantitative estimate of drug-likeness (QED) is 0.581. The van der Waals surface area contributed by atoms with Crippen LogP contribution in [0.3, 0.4) is 0 Å². The van der Waals surface area contributed by atoms with E-state index in [1.807, 2.05) is 47.4 Å². The minimum atomic E-state index is 0.0649. The van der Waals surface area contributed by atoms with E-state index < -0.39 is 0 Å². The van der Waals surface area contributed by atoms with Crippen LogP contribution in [0.15, 0.2) is 65.7 Å². The highest BCUT2D eigenvalue weighted by atomic mass is 32.2. The molecule has 2 aromatic carbocycles. The van der Waals surface area contributed by atoms with E-state index in [2.05, 4.69) is 23.2 Å². The summed E-state index contributed by atoms with van der Waals surface area (Å²) in [7, 11) is 1.63. The molecule has 2 heterocycles. The Morgan fingerprint density at radius 1 is 1.13 bits per heavy atom. The molecule has 0 saturated carbocycles. The molecule has 0 spiro atoms. The standard InChI is InChI=1S/C24H21N3O2S/c1-29-21-9-6-18(7-10-21)22-11-8-19(14-25)24(26-22)30-16-23(28)27-13-12-17-4-2-3-5-20(17)15-27/h2-11H,12-13,15-16H2,1H3. The second-order valence-corrected chi connectivity index (χ2v) is 7.98. The van der Waals surface area contributed by atoms with Gasteiger partial charge >= 0.3 is 0 Å². The number of amides is 1. The van der Waals surface area contributed by atoms with Gasteiger partial charge in [-0.15, -0.1) is 0 Å². The topological polar surface area (TPSA) is 66.2 Å². The summed E-state index contributed by atoms with van der Waals surface area (Å²) in [5, 5.41) is 10.0. The second-order valence-electron chi connectivity index (χ2n) is 7.01. The van der Waals surface area contributed by atoms with E-state index in [9.17, 15) is 10.1 Å². The Morgan fingerprint density at radius 3 is 2.63 bits per heavy atom. The average molecular weight is 416 g/mol. The number of hydrogen-bond donors (Lipinski definition) is 0. The van der Waals surface area contributed by atoms with Gasteiger partial charge in [0, 0.05) is 18.7 Å². The van der Waals surface area contributed by atoms with Crippen LogP contribution in [-0.2, 0) is 17.8 Å². The van der Waals surface area contributed by atoms with E-state index in [4.69, 9.17) is 4.74 Å². The van der Waals surface area contributed by atoms with Crippen molar-refractivity contribution in [1.29, 1.82) is 5.26 Å². The van der Waals surface area contributed by atoms with Crippen LogP contribution < -0.4 is 4.74 Å². The van der Waals surface area contributed by atoms with Crippen molar-refractivity contribution in [2.24, 2.45) is 0 Å². The molecule has 0 radical (unpaired) electrons. The van der Waals surface area contributed by atoms with Gasteiger partial charge in [0.1, 0.15) is 16.8 Å². The number of fused-ring (bicyclic) bond motifs is 1. The van der Waals surface area contributed by atoms with Crippen LogP contribution in [0.5, 0.6) is 5.75 Å². The van der Waals surface area contributed by atoms with E-state index in [0.29, 0.717) is 17.1 Å². The molecule has 0 atom stereocenters. The predicted molar refractivity (Wildman–Crippen MR) is 117 cm³/mol. The maximum Gasteiger partial charge on any atom is 0.233 e. The average Bonchev–Trinajstić information content (AvgIpc) is 2.82. The highest BCUT2D eigenvalue weighted by molar-refractivity contribution is 8.00. The Kier molecular flexibility index (Phi) is 6.01. The number of ether oxygens (including phenoxy) is 1. The molecule has 6 heteroatoms. The number of thioether (sulfide) groups is 1. The van der Waals surface area contributed by atoms with Crippen molar-refractivity contribution in [3.63, 3.8) is 0 Å². The zero-order chi connectivity index (χ0) is 20.9. The summed E-state index contributed by atoms with van der Waals surface area (Å²) in [5.74, 6) is 1.10. The van der Waals surface area contributed by atoms with Crippen LogP contribution in [0.2, 0.25) is 0 Å². The van der Waals surface area contributed by atoms with E-state index in [0.717, 1.165) is 30.0 Å². The molecule has 1 aliphatic rings. The zero-order valence-corrected chi connectivity index (χ0v) is 17.5. The molecule has 0 fully saturated rings. The Hall–Kier alpha value is -3.30. The maximum atomic E-state index is 12.8. The molecule has 0 saturated heterocycles. The minimum Gasteiger partial charge on any atom is -0.497 e. The molecular formula is C24H21N3O2S. The minimum absolute atomic E-state index is 0.0649. The van der Waals surface area contributed by atoms with E-state index in [-0.39, 0.29) is 11.7 Å². The Morgan fingerprint density at radius 2 is 1.90 bits per heavy atom. The Balaban J connectivity index is 1.47. The van der Waals surface area contributed by atoms with Gasteiger partial charge in [-0.3, -0.25) is 4.79 Å². The lowest BCUT2D eigenvalue weighted by molar-refractivity contribution is -0.129. The molecule has 1 aliphatic heterocycles. The lowest BCUT2D eigenvalue weighted by Gasteiger charge is -2.28. The molecule has 3 aromatic rings. The fourth-order valence-electron chi connectivity index (χ4n) is 3.49. The SMILES string of the molecule is COc1ccc(-c2ccc(C#N)c(SCC(=O)N3CCc4ccccc4C3)n2)cc1. The molecule has 0 N–H and O–H groups in total. The molecular weight excluding hydrogens is 394 g/mol. The van der Waals surface area contributed by atoms with Gasteiger partial charge in [-0.05, 0) is 53.9 Å². The number of carbonyl (C=O) groups excluding carboxylic acids is 1. The van der Waals surface area contributed by atoms with Crippen LogP contribution in [0.1, 0.15) is 16.7 Å². The molecule has 0 bridgehead atoms. The van der Waals surface area contributed by atoms with Crippen molar-refractivity contribution in [2.45, 2.75) is 18.0 Å². The molecule has 5 nitrogen and oxygen atoms in total. The summed E-state index contributed by atoms with van der Waals surface area (Å²) < 4.78 is 5.20. The number of aromatic nitrogens is 1. The predicted octanol–water partition coefficient (Wildman–Crippen LogP) is 4.31. The molecule has 0 unspecified atom stereocenters. The first-order chi connectivity index (χ1) is 14.7. The number of nitrogens with zero attached hydrogens (tertiary/aromatic N) is 3. The summed E-state index contributed by atoms with van der Waals surface area (Å²) >= 11 is 1.32. The van der Waals surface area contributed by atoms with Gasteiger partial charge in [0.05, 0.1) is 24.1 Å². The molecule has 1 aromatic heterocycles. The van der Waals surface area contributed by atoms with Crippen LogP contribution >= 0.6 is 11.8 Å². The number of benzene rings is 2. The molecule has 0 aliphatic carbocycles. The van der Waals surface area contributed by atoms with Crippen molar-refractivity contribution < 1.29 is 9.53 Å². The van der Waals surface area contributed by atoms with Crippen molar-refractivity contribution in [3.05, 3.63) is 77.4 Å². The first kappa shape index (κ1) is 20.0. The smallest absolute Gasteiger partial charge is 0.233 e. The van der Waals surface area contributed by atoms with Crippen LogP contribution in [0.25, 0.3) is 11.3 Å². The fourth-order valence-corrected chi connectivity index (χ4v) is 4.36. The third-order valence-electron chi connectivity index (χ3n) is 5.18. The number of carbonyl (C=O) groups is 1. The number of hydrogen-bond acceptors (Lipinski definition) is 5. The van der Waals surface area contributed by atoms with Crippen LogP contribution in [-0.4, -0.2) is 35.2 Å². The monoisotopic (exact) mass is 415 g/mol. The largest absolute Gasteiger partial charge is 0.497 e. The third kappa shape index (κ3) is 4.32. The van der Waals surface area contributed by atoms with Crippen molar-refractivity contribution in [3.8, 4) is 23.1 Å². The lowest BCUT2D eigenvalue weighted by atomic mass is 10.00. The number of rotatable bonds is 5. The highest BCUT2D eigenvalue weighted by Gasteiger charge is 2.21. The van der Waals surface area contributed by atoms with E-state index in [1.54, 1.807) is 13.2 Å². The second kappa shape index (κ2) is 9.02. The number of methoxy groups -OCH3 is 1. The maximum absolute atomic E-state index is 12.8. The summed E-state index contributed by atoms with van der Waals surface area (Å²) in [6.07, 6.45) is 0.876. The highest BCUT2D eigenvalue weighted by Crippen LogP contribution is 2.27. The third-order valence-corrected chi connectivity index (χ3v) is 6.16. The number of nitriles is 1. The van der Waals surface area contributed by atoms with Gasteiger partial charge in [-0.25, -0.2) is 4.98 Å². The van der Waals surface area contributed by atoms with Gasteiger partial charge in [0.15, 0.2) is 0 Å². The first-order valence-electron chi connectivity index (χ1n) is 9.71. The summed E-state index contributed by atoms with van der Waals surface area (Å²) in [6.45, 7) is 1.36. The van der Waals surface area contributed by atoms with Gasteiger partial charge in [-0.2, -0.15) is 5.26 Å². The van der Waals surface area contributed by atoms with Crippen molar-refractivity contribution >= 4 is 17.7 Å². The molecule has 1 amide bonds. The van der Waals surface area contributed by atoms with Crippen LogP contribution in [0.4, 0.5) is 0 Å². The molecule has 30 heavy (non-hydrogen) atoms. The van der Waals surface area contributed by atoms with E-state index >= 15 is 0 Å². The van der Waals surface area contributed by atoms with Gasteiger partial charge in [0.25, 0.3) is 0 Å². The first-order valence-corrected chi connectivity index (χ1v) is 10.7. The van der Waals surface area contributed by atoms with Crippen molar-refractivity contribution in [1.82, 2.24) is 9.88 Å². The summed E-state index contributed by atoms with van der Waals surface area (Å²) in [4.78, 5) is 19.3. The number of pyridine rings is 1. The van der Waals surface area contributed by atoms with Gasteiger partial charge in [0.2, 0.25) is 5.91 Å². The Labute approximate surface area is 180 Å². The lowest BCUT2D eigenvalue weighted by Crippen LogP contribution is -2.37. The summed E-state index contributed by atoms with van der Waals surface area (Å²) in [5.41, 5.74) is 4.70. The van der Waals surface area contributed by atoms with Gasteiger partial charge in [-0.1, -0.05) is 36.0 Å². The van der Waals surface area contributed by atoms with Gasteiger partial charge < -0.3 is 9.64 Å². The zero-order valence-electron chi connectivity index (χ0n) is 16.7. The van der Waals surface area contributed by atoms with E-state index in [1.165, 1.54) is 22.9 Å². The molecule has 4 rings (SSSR count). The normalized spacial score (nSPS) is 12.7.